The number of halogens is 2. The number of hydrogen-bond donors (Lipinski definition) is 2. The lowest BCUT2D eigenvalue weighted by molar-refractivity contribution is 0.0605. The van der Waals surface area contributed by atoms with Crippen molar-refractivity contribution < 1.29 is 23.5 Å². The van der Waals surface area contributed by atoms with Gasteiger partial charge in [0.15, 0.2) is 5.13 Å². The maximum atomic E-state index is 13.6. The Morgan fingerprint density at radius 2 is 2.09 bits per heavy atom. The van der Waals surface area contributed by atoms with Crippen molar-refractivity contribution in [3.05, 3.63) is 45.7 Å². The van der Waals surface area contributed by atoms with Crippen LogP contribution in [-0.2, 0) is 4.74 Å². The van der Waals surface area contributed by atoms with Crippen molar-refractivity contribution in [2.75, 3.05) is 12.4 Å². The van der Waals surface area contributed by atoms with Gasteiger partial charge in [-0.05, 0) is 18.2 Å². The molecule has 3 amide bonds. The van der Waals surface area contributed by atoms with E-state index in [9.17, 15) is 18.8 Å². The lowest BCUT2D eigenvalue weighted by Gasteiger charge is -2.05. The summed E-state index contributed by atoms with van der Waals surface area (Å²) in [4.78, 5) is 38.7. The molecule has 10 heteroatoms. The van der Waals surface area contributed by atoms with Crippen LogP contribution in [0.25, 0.3) is 0 Å². The first-order valence-corrected chi connectivity index (χ1v) is 7.21. The zero-order valence-electron chi connectivity index (χ0n) is 11.6. The molecule has 0 atom stereocenters. The van der Waals surface area contributed by atoms with Crippen molar-refractivity contribution in [2.24, 2.45) is 0 Å². The molecule has 23 heavy (non-hydrogen) atoms. The Hall–Kier alpha value is -2.52. The number of anilines is 1. The van der Waals surface area contributed by atoms with Gasteiger partial charge < -0.3 is 4.74 Å². The molecule has 0 aliphatic rings. The summed E-state index contributed by atoms with van der Waals surface area (Å²) in [6, 6.07) is 2.51. The Kier molecular flexibility index (Phi) is 5.24. The van der Waals surface area contributed by atoms with E-state index < -0.39 is 23.7 Å². The maximum absolute atomic E-state index is 13.6. The second-order valence-electron chi connectivity index (χ2n) is 4.05. The van der Waals surface area contributed by atoms with Gasteiger partial charge in [0.2, 0.25) is 0 Å². The number of rotatable bonds is 3. The van der Waals surface area contributed by atoms with E-state index in [4.69, 9.17) is 11.6 Å². The minimum Gasteiger partial charge on any atom is -0.465 e. The van der Waals surface area contributed by atoms with Gasteiger partial charge in [0, 0.05) is 5.02 Å². The molecule has 0 aliphatic heterocycles. The van der Waals surface area contributed by atoms with Crippen molar-refractivity contribution in [2.45, 2.75) is 0 Å². The number of urea groups is 1. The van der Waals surface area contributed by atoms with Gasteiger partial charge in [-0.2, -0.15) is 0 Å². The highest BCUT2D eigenvalue weighted by Crippen LogP contribution is 2.19. The summed E-state index contributed by atoms with van der Waals surface area (Å²) in [6.07, 6.45) is 1.22. The Morgan fingerprint density at radius 1 is 1.35 bits per heavy atom. The van der Waals surface area contributed by atoms with Gasteiger partial charge >= 0.3 is 12.0 Å². The van der Waals surface area contributed by atoms with E-state index in [1.165, 1.54) is 19.4 Å². The van der Waals surface area contributed by atoms with E-state index in [-0.39, 0.29) is 20.6 Å². The summed E-state index contributed by atoms with van der Waals surface area (Å²) >= 11 is 6.44. The summed E-state index contributed by atoms with van der Waals surface area (Å²) < 4.78 is 18.1. The van der Waals surface area contributed by atoms with E-state index in [1.54, 1.807) is 0 Å². The van der Waals surface area contributed by atoms with Crippen molar-refractivity contribution in [3.63, 3.8) is 0 Å². The number of methoxy groups -OCH3 is 1. The van der Waals surface area contributed by atoms with Gasteiger partial charge in [-0.25, -0.2) is 19.0 Å². The molecule has 2 N–H and O–H groups in total. The monoisotopic (exact) mass is 357 g/mol. The predicted molar refractivity (Wildman–Crippen MR) is 81.3 cm³/mol. The van der Waals surface area contributed by atoms with Crippen LogP contribution < -0.4 is 10.6 Å². The third-order valence-electron chi connectivity index (χ3n) is 2.52. The molecule has 0 bridgehead atoms. The van der Waals surface area contributed by atoms with Gasteiger partial charge in [0.25, 0.3) is 5.91 Å². The normalized spacial score (nSPS) is 10.0. The van der Waals surface area contributed by atoms with E-state index >= 15 is 0 Å². The van der Waals surface area contributed by atoms with E-state index in [0.717, 1.165) is 23.5 Å². The number of ether oxygens (including phenoxy) is 1. The highest BCUT2D eigenvalue weighted by atomic mass is 35.5. The Morgan fingerprint density at radius 3 is 2.74 bits per heavy atom. The number of carbonyl (C=O) groups is 3. The van der Waals surface area contributed by atoms with Crippen LogP contribution in [0.2, 0.25) is 5.02 Å². The zero-order valence-corrected chi connectivity index (χ0v) is 13.1. The quantitative estimate of drug-likeness (QED) is 0.823. The van der Waals surface area contributed by atoms with Crippen LogP contribution in [0, 0.1) is 5.82 Å². The molecule has 7 nitrogen and oxygen atoms in total. The van der Waals surface area contributed by atoms with Crippen LogP contribution in [0.1, 0.15) is 20.0 Å². The topological polar surface area (TPSA) is 97.4 Å². The van der Waals surface area contributed by atoms with Crippen molar-refractivity contribution in [1.82, 2.24) is 10.3 Å². The van der Waals surface area contributed by atoms with Crippen molar-refractivity contribution in [1.29, 1.82) is 0 Å². The highest BCUT2D eigenvalue weighted by Gasteiger charge is 2.17. The second kappa shape index (κ2) is 7.16. The van der Waals surface area contributed by atoms with Crippen LogP contribution in [0.15, 0.2) is 24.4 Å². The highest BCUT2D eigenvalue weighted by molar-refractivity contribution is 7.17. The largest absolute Gasteiger partial charge is 0.465 e. The molecule has 1 aromatic heterocycles. The molecule has 0 unspecified atom stereocenters. The fourth-order valence-electron chi connectivity index (χ4n) is 1.50. The van der Waals surface area contributed by atoms with Gasteiger partial charge in [0.05, 0.1) is 18.9 Å². The number of carbonyl (C=O) groups excluding carboxylic acids is 3. The molecule has 0 saturated carbocycles. The molecule has 0 radical (unpaired) electrons. The number of imide groups is 1. The Balaban J connectivity index is 2.00. The van der Waals surface area contributed by atoms with Crippen LogP contribution in [0.4, 0.5) is 14.3 Å². The molecular formula is C13H9ClFN3O4S. The molecule has 120 valence electrons. The van der Waals surface area contributed by atoms with Gasteiger partial charge in [-0.3, -0.25) is 15.4 Å². The molecule has 0 fully saturated rings. The number of aromatic nitrogens is 1. The maximum Gasteiger partial charge on any atom is 0.349 e. The molecule has 0 spiro atoms. The Labute approximate surface area is 138 Å². The number of hydrogen-bond acceptors (Lipinski definition) is 6. The Bertz CT molecular complexity index is 780. The average Bonchev–Trinajstić information content (AvgIpc) is 2.94. The SMILES string of the molecule is COC(=O)c1cnc(NC(=O)NC(=O)c2ccc(Cl)cc2F)s1. The first-order valence-electron chi connectivity index (χ1n) is 6.02. The number of benzene rings is 1. The van der Waals surface area contributed by atoms with E-state index in [1.807, 2.05) is 5.32 Å². The van der Waals surface area contributed by atoms with Crippen molar-refractivity contribution >= 4 is 46.0 Å². The van der Waals surface area contributed by atoms with Crippen LogP contribution >= 0.6 is 22.9 Å². The van der Waals surface area contributed by atoms with Crippen LogP contribution in [0.3, 0.4) is 0 Å². The smallest absolute Gasteiger partial charge is 0.349 e. The molecular weight excluding hydrogens is 349 g/mol. The first kappa shape index (κ1) is 16.8. The fraction of sp³-hybridized carbons (Fsp3) is 0.0769. The lowest BCUT2D eigenvalue weighted by Crippen LogP contribution is -2.34. The number of esters is 1. The number of nitrogens with one attached hydrogen (secondary N) is 2. The lowest BCUT2D eigenvalue weighted by atomic mass is 10.2. The van der Waals surface area contributed by atoms with Gasteiger partial charge in [0.1, 0.15) is 10.7 Å². The standard InChI is InChI=1S/C13H9ClFN3O4S/c1-22-11(20)9-5-16-13(23-9)18-12(21)17-10(19)7-3-2-6(14)4-8(7)15/h2-5H,1H3,(H2,16,17,18,19,21). The minimum absolute atomic E-state index is 0.0762. The molecule has 2 aromatic rings. The second-order valence-corrected chi connectivity index (χ2v) is 5.52. The third kappa shape index (κ3) is 4.24. The summed E-state index contributed by atoms with van der Waals surface area (Å²) in [7, 11) is 1.21. The summed E-state index contributed by atoms with van der Waals surface area (Å²) in [5.41, 5.74) is -0.334. The molecule has 0 saturated heterocycles. The zero-order chi connectivity index (χ0) is 17.0. The molecule has 1 aromatic carbocycles. The summed E-state index contributed by atoms with van der Waals surface area (Å²) in [6.45, 7) is 0. The minimum atomic E-state index is -0.943. The average molecular weight is 358 g/mol. The number of thiazole rings is 1. The van der Waals surface area contributed by atoms with Crippen molar-refractivity contribution in [3.8, 4) is 0 Å². The molecule has 1 heterocycles. The predicted octanol–water partition coefficient (Wildman–Crippen LogP) is 2.68. The van der Waals surface area contributed by atoms with E-state index in [0.29, 0.717) is 0 Å². The first-order chi connectivity index (χ1) is 10.9. The summed E-state index contributed by atoms with van der Waals surface area (Å²) in [5.74, 6) is -2.40. The van der Waals surface area contributed by atoms with Crippen LogP contribution in [0.5, 0.6) is 0 Å². The fourth-order valence-corrected chi connectivity index (χ4v) is 2.39. The summed E-state index contributed by atoms with van der Waals surface area (Å²) in [5, 5.41) is 4.39. The van der Waals surface area contributed by atoms with Gasteiger partial charge in [-0.1, -0.05) is 22.9 Å². The number of nitrogens with zero attached hydrogens (tertiary/aromatic N) is 1. The molecule has 0 aliphatic carbocycles. The van der Waals surface area contributed by atoms with Crippen LogP contribution in [-0.4, -0.2) is 30.0 Å². The van der Waals surface area contributed by atoms with Gasteiger partial charge in [-0.15, -0.1) is 0 Å². The third-order valence-corrected chi connectivity index (χ3v) is 3.64. The number of amides is 3. The molecule has 2 rings (SSSR count). The van der Waals surface area contributed by atoms with E-state index in [2.05, 4.69) is 15.0 Å².